The first kappa shape index (κ1) is 15.2. The number of hydrogen-bond donors (Lipinski definition) is 1. The zero-order chi connectivity index (χ0) is 15.8. The minimum Gasteiger partial charge on any atom is -0.478 e. The maximum absolute atomic E-state index is 10.8. The molecule has 1 heterocycles. The number of rotatable bonds is 2. The van der Waals surface area contributed by atoms with Gasteiger partial charge in [-0.1, -0.05) is 32.4 Å². The van der Waals surface area contributed by atoms with Crippen LogP contribution < -0.4 is 0 Å². The average molecular weight is 283 g/mol. The topological polar surface area (TPSA) is 50.2 Å². The van der Waals surface area contributed by atoms with Crippen LogP contribution in [-0.4, -0.2) is 16.1 Å². The number of benzene rings is 1. The van der Waals surface area contributed by atoms with E-state index in [4.69, 9.17) is 10.1 Å². The van der Waals surface area contributed by atoms with Crippen LogP contribution in [0, 0.1) is 13.8 Å². The highest BCUT2D eigenvalue weighted by atomic mass is 16.4. The van der Waals surface area contributed by atoms with Gasteiger partial charge in [0.1, 0.15) is 0 Å². The fraction of sp³-hybridized carbons (Fsp3) is 0.333. The van der Waals surface area contributed by atoms with Crippen molar-refractivity contribution in [1.82, 2.24) is 4.98 Å². The molecule has 0 aliphatic carbocycles. The summed E-state index contributed by atoms with van der Waals surface area (Å²) in [5.41, 5.74) is 4.98. The predicted molar refractivity (Wildman–Crippen MR) is 86.6 cm³/mol. The molecule has 0 atom stereocenters. The average Bonchev–Trinajstić information content (AvgIpc) is 2.34. The van der Waals surface area contributed by atoms with Crippen LogP contribution in [0.3, 0.4) is 0 Å². The second kappa shape index (κ2) is 5.32. The molecule has 2 aromatic rings. The third-order valence-electron chi connectivity index (χ3n) is 3.45. The second-order valence-corrected chi connectivity index (χ2v) is 6.50. The summed E-state index contributed by atoms with van der Waals surface area (Å²) in [7, 11) is 0. The van der Waals surface area contributed by atoms with Crippen LogP contribution in [0.4, 0.5) is 0 Å². The lowest BCUT2D eigenvalue weighted by molar-refractivity contribution is -0.131. The van der Waals surface area contributed by atoms with E-state index in [2.05, 4.69) is 32.9 Å². The molecule has 3 nitrogen and oxygen atoms in total. The molecule has 0 aliphatic heterocycles. The van der Waals surface area contributed by atoms with Crippen molar-refractivity contribution >= 4 is 22.9 Å². The fourth-order valence-corrected chi connectivity index (χ4v) is 2.39. The number of fused-ring (bicyclic) bond motifs is 1. The molecule has 1 N–H and O–H groups in total. The SMILES string of the molecule is Cc1cc(C)c2nc(C(C)(C)C)cc(/C=C/C(=O)O)c2c1. The van der Waals surface area contributed by atoms with Crippen LogP contribution in [0.2, 0.25) is 0 Å². The molecule has 1 aromatic carbocycles. The number of carbonyl (C=O) groups is 1. The smallest absolute Gasteiger partial charge is 0.328 e. The van der Waals surface area contributed by atoms with E-state index in [1.165, 1.54) is 6.08 Å². The summed E-state index contributed by atoms with van der Waals surface area (Å²) in [6, 6.07) is 6.15. The second-order valence-electron chi connectivity index (χ2n) is 6.50. The van der Waals surface area contributed by atoms with Gasteiger partial charge in [0, 0.05) is 22.6 Å². The van der Waals surface area contributed by atoms with E-state index >= 15 is 0 Å². The predicted octanol–water partition coefficient (Wildman–Crippen LogP) is 4.25. The Morgan fingerprint density at radius 1 is 1.19 bits per heavy atom. The van der Waals surface area contributed by atoms with E-state index in [-0.39, 0.29) is 5.41 Å². The van der Waals surface area contributed by atoms with Gasteiger partial charge in [-0.3, -0.25) is 4.98 Å². The lowest BCUT2D eigenvalue weighted by atomic mass is 9.89. The van der Waals surface area contributed by atoms with Gasteiger partial charge in [-0.2, -0.15) is 0 Å². The summed E-state index contributed by atoms with van der Waals surface area (Å²) in [6.07, 6.45) is 2.83. The Labute approximate surface area is 125 Å². The third kappa shape index (κ3) is 3.30. The molecule has 0 aliphatic rings. The molecule has 110 valence electrons. The van der Waals surface area contributed by atoms with Crippen LogP contribution in [0.5, 0.6) is 0 Å². The number of carboxylic acid groups (broad SMARTS) is 1. The van der Waals surface area contributed by atoms with Gasteiger partial charge in [0.05, 0.1) is 5.52 Å². The first-order valence-corrected chi connectivity index (χ1v) is 7.02. The summed E-state index contributed by atoms with van der Waals surface area (Å²) >= 11 is 0. The van der Waals surface area contributed by atoms with Gasteiger partial charge in [-0.25, -0.2) is 4.79 Å². The van der Waals surface area contributed by atoms with Gasteiger partial charge in [0.25, 0.3) is 0 Å². The summed E-state index contributed by atoms with van der Waals surface area (Å²) in [5, 5.41) is 9.88. The van der Waals surface area contributed by atoms with Crippen LogP contribution >= 0.6 is 0 Å². The molecular formula is C18H21NO2. The molecule has 0 unspecified atom stereocenters. The molecule has 0 amide bonds. The first-order chi connectivity index (χ1) is 9.68. The van der Waals surface area contributed by atoms with Crippen LogP contribution in [0.25, 0.3) is 17.0 Å². The van der Waals surface area contributed by atoms with Gasteiger partial charge >= 0.3 is 5.97 Å². The molecule has 1 aromatic heterocycles. The van der Waals surface area contributed by atoms with Gasteiger partial charge in [0.2, 0.25) is 0 Å². The standard InChI is InChI=1S/C18H21NO2/c1-11-8-12(2)17-14(9-11)13(6-7-16(20)21)10-15(19-17)18(3,4)5/h6-10H,1-5H3,(H,20,21)/b7-6+. The normalized spacial score (nSPS) is 12.2. The van der Waals surface area contributed by atoms with Crippen molar-refractivity contribution in [2.75, 3.05) is 0 Å². The number of carboxylic acids is 1. The Bertz CT molecular complexity index is 737. The van der Waals surface area contributed by atoms with E-state index in [0.717, 1.165) is 33.3 Å². The molecule has 0 saturated heterocycles. The van der Waals surface area contributed by atoms with Gasteiger partial charge in [-0.05, 0) is 43.2 Å². The Morgan fingerprint density at radius 3 is 2.43 bits per heavy atom. The van der Waals surface area contributed by atoms with E-state index < -0.39 is 5.97 Å². The highest BCUT2D eigenvalue weighted by Gasteiger charge is 2.18. The maximum atomic E-state index is 10.8. The molecule has 0 spiro atoms. The van der Waals surface area contributed by atoms with E-state index in [1.54, 1.807) is 6.08 Å². The fourth-order valence-electron chi connectivity index (χ4n) is 2.39. The summed E-state index contributed by atoms with van der Waals surface area (Å²) in [5.74, 6) is -0.943. The van der Waals surface area contributed by atoms with Crippen molar-refractivity contribution in [2.45, 2.75) is 40.0 Å². The zero-order valence-corrected chi connectivity index (χ0v) is 13.2. The van der Waals surface area contributed by atoms with Crippen LogP contribution in [0.15, 0.2) is 24.3 Å². The minimum atomic E-state index is -0.943. The van der Waals surface area contributed by atoms with E-state index in [9.17, 15) is 4.79 Å². The third-order valence-corrected chi connectivity index (χ3v) is 3.45. The zero-order valence-electron chi connectivity index (χ0n) is 13.2. The summed E-state index contributed by atoms with van der Waals surface area (Å²) in [6.45, 7) is 10.4. The van der Waals surface area contributed by atoms with Crippen molar-refractivity contribution in [3.8, 4) is 0 Å². The number of aromatic nitrogens is 1. The Balaban J connectivity index is 2.82. The Hall–Kier alpha value is -2.16. The number of nitrogens with zero attached hydrogens (tertiary/aromatic N) is 1. The summed E-state index contributed by atoms with van der Waals surface area (Å²) < 4.78 is 0. The number of aryl methyl sites for hydroxylation is 2. The molecular weight excluding hydrogens is 262 g/mol. The van der Waals surface area contributed by atoms with Crippen LogP contribution in [-0.2, 0) is 10.2 Å². The maximum Gasteiger partial charge on any atom is 0.328 e. The quantitative estimate of drug-likeness (QED) is 0.838. The lowest BCUT2D eigenvalue weighted by Crippen LogP contribution is -2.14. The summed E-state index contributed by atoms with van der Waals surface area (Å²) in [4.78, 5) is 15.6. The highest BCUT2D eigenvalue weighted by Crippen LogP contribution is 2.29. The largest absolute Gasteiger partial charge is 0.478 e. The molecule has 0 radical (unpaired) electrons. The van der Waals surface area contributed by atoms with Gasteiger partial charge in [0.15, 0.2) is 0 Å². The Kier molecular flexibility index (Phi) is 3.86. The van der Waals surface area contributed by atoms with Crippen molar-refractivity contribution < 1.29 is 9.90 Å². The van der Waals surface area contributed by atoms with Gasteiger partial charge in [-0.15, -0.1) is 0 Å². The number of pyridine rings is 1. The number of hydrogen-bond acceptors (Lipinski definition) is 2. The lowest BCUT2D eigenvalue weighted by Gasteiger charge is -2.20. The molecule has 0 bridgehead atoms. The monoisotopic (exact) mass is 283 g/mol. The van der Waals surface area contributed by atoms with Crippen molar-refractivity contribution in [3.63, 3.8) is 0 Å². The molecule has 0 saturated carbocycles. The highest BCUT2D eigenvalue weighted by molar-refractivity contribution is 5.94. The van der Waals surface area contributed by atoms with Gasteiger partial charge < -0.3 is 5.11 Å². The molecule has 2 rings (SSSR count). The van der Waals surface area contributed by atoms with E-state index in [1.807, 2.05) is 19.9 Å². The van der Waals surface area contributed by atoms with Crippen molar-refractivity contribution in [2.24, 2.45) is 0 Å². The Morgan fingerprint density at radius 2 is 1.86 bits per heavy atom. The molecule has 21 heavy (non-hydrogen) atoms. The minimum absolute atomic E-state index is 0.0860. The van der Waals surface area contributed by atoms with Crippen molar-refractivity contribution in [1.29, 1.82) is 0 Å². The first-order valence-electron chi connectivity index (χ1n) is 7.02. The van der Waals surface area contributed by atoms with E-state index in [0.29, 0.717) is 0 Å². The van der Waals surface area contributed by atoms with Crippen LogP contribution in [0.1, 0.15) is 43.2 Å². The molecule has 0 fully saturated rings. The number of aliphatic carboxylic acids is 1. The molecule has 3 heteroatoms. The van der Waals surface area contributed by atoms with Crippen molar-refractivity contribution in [3.05, 3.63) is 46.7 Å².